The molecule has 1 N–H and O–H groups in total. The number of rotatable bonds is 4. The van der Waals surface area contributed by atoms with E-state index < -0.39 is 0 Å². The Morgan fingerprint density at radius 1 is 1.64 bits per heavy atom. The molecule has 0 unspecified atom stereocenters. The lowest BCUT2D eigenvalue weighted by Crippen LogP contribution is -2.25. The maximum absolute atomic E-state index is 11.5. The van der Waals surface area contributed by atoms with Crippen molar-refractivity contribution >= 4 is 33.4 Å². The van der Waals surface area contributed by atoms with Crippen molar-refractivity contribution in [3.63, 3.8) is 0 Å². The predicted molar refractivity (Wildman–Crippen MR) is 59.6 cm³/mol. The maximum Gasteiger partial charge on any atom is 0.271 e. The first kappa shape index (κ1) is 11.5. The lowest BCUT2D eigenvalue weighted by molar-refractivity contribution is 0.0948. The maximum atomic E-state index is 11.5. The fourth-order valence-corrected chi connectivity index (χ4v) is 1.47. The van der Waals surface area contributed by atoms with E-state index in [1.807, 2.05) is 0 Å². The lowest BCUT2D eigenvalue weighted by atomic mass is 10.3. The van der Waals surface area contributed by atoms with Gasteiger partial charge in [0, 0.05) is 23.1 Å². The Hall–Kier alpha value is -0.610. The second kappa shape index (κ2) is 5.98. The van der Waals surface area contributed by atoms with Crippen molar-refractivity contribution < 1.29 is 4.79 Å². The van der Waals surface area contributed by atoms with Gasteiger partial charge in [-0.05, 0) is 34.5 Å². The monoisotopic (exact) mass is 276 g/mol. The Balaban J connectivity index is 2.56. The largest absolute Gasteiger partial charge is 0.351 e. The third-order valence-electron chi connectivity index (χ3n) is 1.57. The summed E-state index contributed by atoms with van der Waals surface area (Å²) in [5, 5.41) is 2.72. The van der Waals surface area contributed by atoms with Crippen LogP contribution in [0.15, 0.2) is 22.8 Å². The highest BCUT2D eigenvalue weighted by Crippen LogP contribution is 2.12. The van der Waals surface area contributed by atoms with Gasteiger partial charge in [0.15, 0.2) is 0 Å². The molecular weight excluding hydrogens is 267 g/mol. The number of carbonyl (C=O) groups excluding carboxylic acids is 1. The van der Waals surface area contributed by atoms with Crippen LogP contribution in [0.25, 0.3) is 0 Å². The molecule has 0 radical (unpaired) electrons. The summed E-state index contributed by atoms with van der Waals surface area (Å²) in [4.78, 5) is 15.5. The minimum Gasteiger partial charge on any atom is -0.351 e. The number of halogens is 2. The van der Waals surface area contributed by atoms with E-state index in [-0.39, 0.29) is 5.91 Å². The molecule has 14 heavy (non-hydrogen) atoms. The Morgan fingerprint density at radius 3 is 3.07 bits per heavy atom. The van der Waals surface area contributed by atoms with Crippen molar-refractivity contribution in [3.8, 4) is 0 Å². The molecule has 0 saturated carbocycles. The summed E-state index contributed by atoms with van der Waals surface area (Å²) in [5.41, 5.74) is 0.405. The number of aromatic nitrogens is 1. The minimum absolute atomic E-state index is 0.178. The van der Waals surface area contributed by atoms with Crippen LogP contribution in [-0.2, 0) is 0 Å². The zero-order chi connectivity index (χ0) is 10.4. The Bertz CT molecular complexity index is 319. The van der Waals surface area contributed by atoms with Gasteiger partial charge in [-0.25, -0.2) is 4.98 Å². The molecule has 0 saturated heterocycles. The molecule has 76 valence electrons. The van der Waals surface area contributed by atoms with Crippen molar-refractivity contribution in [2.45, 2.75) is 6.42 Å². The summed E-state index contributed by atoms with van der Waals surface area (Å²) in [6.45, 7) is 0.575. The zero-order valence-corrected chi connectivity index (χ0v) is 9.81. The van der Waals surface area contributed by atoms with Gasteiger partial charge in [0.2, 0.25) is 0 Å². The lowest BCUT2D eigenvalue weighted by Gasteiger charge is -2.04. The standard InChI is InChI=1S/C9H10BrClN2O/c10-7-3-1-5-12-8(7)9(14)13-6-2-4-11/h1,3,5H,2,4,6H2,(H,13,14). The molecule has 0 bridgehead atoms. The molecule has 3 nitrogen and oxygen atoms in total. The average molecular weight is 278 g/mol. The third-order valence-corrected chi connectivity index (χ3v) is 2.48. The van der Waals surface area contributed by atoms with Crippen LogP contribution >= 0.6 is 27.5 Å². The normalized spacial score (nSPS) is 9.86. The van der Waals surface area contributed by atoms with E-state index in [9.17, 15) is 4.79 Å². The molecule has 0 aliphatic heterocycles. The van der Waals surface area contributed by atoms with Gasteiger partial charge in [-0.3, -0.25) is 4.79 Å². The molecule has 5 heteroatoms. The van der Waals surface area contributed by atoms with E-state index in [0.717, 1.165) is 6.42 Å². The molecule has 0 aliphatic rings. The summed E-state index contributed by atoms with van der Waals surface area (Å²) in [7, 11) is 0. The number of hydrogen-bond donors (Lipinski definition) is 1. The van der Waals surface area contributed by atoms with Gasteiger partial charge in [0.25, 0.3) is 5.91 Å². The first-order valence-corrected chi connectivity index (χ1v) is 5.53. The number of amides is 1. The van der Waals surface area contributed by atoms with Crippen LogP contribution in [-0.4, -0.2) is 23.3 Å². The third kappa shape index (κ3) is 3.27. The van der Waals surface area contributed by atoms with Gasteiger partial charge in [0.1, 0.15) is 5.69 Å². The van der Waals surface area contributed by atoms with Crippen LogP contribution in [0, 0.1) is 0 Å². The number of nitrogens with one attached hydrogen (secondary N) is 1. The number of carbonyl (C=O) groups is 1. The van der Waals surface area contributed by atoms with Gasteiger partial charge >= 0.3 is 0 Å². The quantitative estimate of drug-likeness (QED) is 0.677. The van der Waals surface area contributed by atoms with Crippen molar-refractivity contribution in [1.82, 2.24) is 10.3 Å². The van der Waals surface area contributed by atoms with E-state index in [1.54, 1.807) is 18.3 Å². The van der Waals surface area contributed by atoms with Gasteiger partial charge in [-0.1, -0.05) is 0 Å². The minimum atomic E-state index is -0.178. The Morgan fingerprint density at radius 2 is 2.43 bits per heavy atom. The summed E-state index contributed by atoms with van der Waals surface area (Å²) in [6.07, 6.45) is 2.35. The molecule has 0 aliphatic carbocycles. The van der Waals surface area contributed by atoms with Crippen molar-refractivity contribution in [2.24, 2.45) is 0 Å². The van der Waals surface area contributed by atoms with Crippen LogP contribution in [0.2, 0.25) is 0 Å². The average Bonchev–Trinajstić information content (AvgIpc) is 2.18. The summed E-state index contributed by atoms with van der Waals surface area (Å²) < 4.78 is 0.698. The highest BCUT2D eigenvalue weighted by molar-refractivity contribution is 9.10. The second-order valence-electron chi connectivity index (χ2n) is 2.63. The Labute approximate surface area is 96.0 Å². The zero-order valence-electron chi connectivity index (χ0n) is 7.46. The Kier molecular flexibility index (Phi) is 4.90. The predicted octanol–water partition coefficient (Wildman–Crippen LogP) is 2.20. The highest BCUT2D eigenvalue weighted by atomic mass is 79.9. The molecule has 1 rings (SSSR count). The van der Waals surface area contributed by atoms with Crippen LogP contribution < -0.4 is 5.32 Å². The fourth-order valence-electron chi connectivity index (χ4n) is 0.905. The molecule has 1 aromatic heterocycles. The number of alkyl halides is 1. The van der Waals surface area contributed by atoms with Crippen LogP contribution in [0.1, 0.15) is 16.9 Å². The first-order valence-electron chi connectivity index (χ1n) is 4.20. The highest BCUT2D eigenvalue weighted by Gasteiger charge is 2.09. The molecule has 1 amide bonds. The van der Waals surface area contributed by atoms with Crippen molar-refractivity contribution in [3.05, 3.63) is 28.5 Å². The summed E-state index contributed by atoms with van der Waals surface area (Å²) >= 11 is 8.74. The smallest absolute Gasteiger partial charge is 0.271 e. The number of pyridine rings is 1. The fraction of sp³-hybridized carbons (Fsp3) is 0.333. The van der Waals surface area contributed by atoms with E-state index in [2.05, 4.69) is 26.2 Å². The molecule has 0 aromatic carbocycles. The summed E-state index contributed by atoms with van der Waals surface area (Å²) in [6, 6.07) is 3.54. The number of hydrogen-bond acceptors (Lipinski definition) is 2. The molecule has 0 spiro atoms. The number of nitrogens with zero attached hydrogens (tertiary/aromatic N) is 1. The molecule has 1 heterocycles. The van der Waals surface area contributed by atoms with Gasteiger partial charge in [-0.2, -0.15) is 0 Å². The van der Waals surface area contributed by atoms with E-state index in [1.165, 1.54) is 0 Å². The summed E-state index contributed by atoms with van der Waals surface area (Å²) in [5.74, 6) is 0.367. The van der Waals surface area contributed by atoms with Crippen LogP contribution in [0.5, 0.6) is 0 Å². The molecular formula is C9H10BrClN2O. The van der Waals surface area contributed by atoms with E-state index in [4.69, 9.17) is 11.6 Å². The SMILES string of the molecule is O=C(NCCCCl)c1ncccc1Br. The van der Waals surface area contributed by atoms with Gasteiger partial charge in [0.05, 0.1) is 0 Å². The topological polar surface area (TPSA) is 42.0 Å². The molecule has 1 aromatic rings. The van der Waals surface area contributed by atoms with Gasteiger partial charge in [-0.15, -0.1) is 11.6 Å². The van der Waals surface area contributed by atoms with Crippen molar-refractivity contribution in [2.75, 3.05) is 12.4 Å². The second-order valence-corrected chi connectivity index (χ2v) is 3.86. The van der Waals surface area contributed by atoms with Crippen LogP contribution in [0.3, 0.4) is 0 Å². The first-order chi connectivity index (χ1) is 6.75. The van der Waals surface area contributed by atoms with E-state index >= 15 is 0 Å². The van der Waals surface area contributed by atoms with Crippen molar-refractivity contribution in [1.29, 1.82) is 0 Å². The molecule has 0 fully saturated rings. The van der Waals surface area contributed by atoms with E-state index in [0.29, 0.717) is 22.6 Å². The van der Waals surface area contributed by atoms with Gasteiger partial charge < -0.3 is 5.32 Å². The van der Waals surface area contributed by atoms with Crippen LogP contribution in [0.4, 0.5) is 0 Å². The molecule has 0 atom stereocenters.